The molecule has 1 aliphatic heterocycles. The Morgan fingerprint density at radius 3 is 2.83 bits per heavy atom. The summed E-state index contributed by atoms with van der Waals surface area (Å²) in [5.41, 5.74) is 6.57. The van der Waals surface area contributed by atoms with Gasteiger partial charge in [-0.05, 0) is 54.7 Å². The number of benzene rings is 1. The van der Waals surface area contributed by atoms with E-state index in [0.717, 1.165) is 30.7 Å². The van der Waals surface area contributed by atoms with Gasteiger partial charge in [-0.15, -0.1) is 0 Å². The van der Waals surface area contributed by atoms with Gasteiger partial charge in [0.15, 0.2) is 0 Å². The number of allylic oxidation sites excluding steroid dienone is 1. The van der Waals surface area contributed by atoms with Gasteiger partial charge in [0.05, 0.1) is 5.92 Å². The molecule has 1 aromatic heterocycles. The average Bonchev–Trinajstić information content (AvgIpc) is 2.70. The normalized spacial score (nSPS) is 16.7. The molecule has 2 aliphatic rings. The fourth-order valence-corrected chi connectivity index (χ4v) is 3.96. The first kappa shape index (κ1) is 19.2. The van der Waals surface area contributed by atoms with E-state index >= 15 is 0 Å². The minimum atomic E-state index is -0.690. The van der Waals surface area contributed by atoms with Crippen molar-refractivity contribution in [3.63, 3.8) is 0 Å². The van der Waals surface area contributed by atoms with Crippen molar-refractivity contribution < 1.29 is 14.6 Å². The molecule has 2 aromatic rings. The number of hydrogen-bond donors (Lipinski definition) is 1. The predicted octanol–water partition coefficient (Wildman–Crippen LogP) is 3.27. The number of carboxylic acids is 1. The molecule has 29 heavy (non-hydrogen) atoms. The first-order valence-electron chi connectivity index (χ1n) is 9.78. The zero-order valence-electron chi connectivity index (χ0n) is 16.4. The number of aryl methyl sites for hydroxylation is 1. The third-order valence-corrected chi connectivity index (χ3v) is 5.77. The van der Waals surface area contributed by atoms with Crippen molar-refractivity contribution >= 4 is 11.5 Å². The molecular formula is C23H23N3O3. The molecule has 0 atom stereocenters. The number of likely N-dealkylation sites (tertiary alicyclic amines) is 1. The summed E-state index contributed by atoms with van der Waals surface area (Å²) in [7, 11) is 0. The molecule has 0 saturated carbocycles. The molecule has 0 amide bonds. The Balaban J connectivity index is 1.40. The van der Waals surface area contributed by atoms with Gasteiger partial charge in [0, 0.05) is 31.4 Å². The van der Waals surface area contributed by atoms with E-state index in [1.807, 2.05) is 18.2 Å². The number of hydrogen-bond acceptors (Lipinski definition) is 5. The van der Waals surface area contributed by atoms with E-state index in [0.29, 0.717) is 25.4 Å². The van der Waals surface area contributed by atoms with E-state index < -0.39 is 5.97 Å². The van der Waals surface area contributed by atoms with Crippen molar-refractivity contribution in [1.82, 2.24) is 9.88 Å². The van der Waals surface area contributed by atoms with E-state index in [1.165, 1.54) is 22.3 Å². The summed E-state index contributed by atoms with van der Waals surface area (Å²) in [5.74, 6) is -0.0699. The number of carbonyl (C=O) groups is 1. The van der Waals surface area contributed by atoms with Crippen LogP contribution in [-0.4, -0.2) is 40.6 Å². The average molecular weight is 389 g/mol. The first-order chi connectivity index (χ1) is 14.0. The fraction of sp³-hybridized carbons (Fsp3) is 0.348. The maximum atomic E-state index is 11.0. The SMILES string of the molecule is CC1=C(CN2CC(C(=O)O)C2)CCc2cc(OCc3ccc(C#N)nc3)ccc21. The van der Waals surface area contributed by atoms with E-state index in [2.05, 4.69) is 28.9 Å². The van der Waals surface area contributed by atoms with Crippen molar-refractivity contribution in [3.05, 3.63) is 64.5 Å². The molecule has 0 unspecified atom stereocenters. The lowest BCUT2D eigenvalue weighted by atomic mass is 9.85. The largest absolute Gasteiger partial charge is 0.489 e. The molecule has 1 N–H and O–H groups in total. The molecule has 148 valence electrons. The number of carboxylic acid groups (broad SMARTS) is 1. The van der Waals surface area contributed by atoms with Crippen LogP contribution in [0.3, 0.4) is 0 Å². The van der Waals surface area contributed by atoms with Crippen LogP contribution in [0.25, 0.3) is 5.57 Å². The van der Waals surface area contributed by atoms with Crippen LogP contribution in [0.5, 0.6) is 5.75 Å². The number of nitriles is 1. The topological polar surface area (TPSA) is 86.5 Å². The zero-order valence-corrected chi connectivity index (χ0v) is 16.4. The number of rotatable bonds is 6. The lowest BCUT2D eigenvalue weighted by Crippen LogP contribution is -2.50. The van der Waals surface area contributed by atoms with Crippen molar-refractivity contribution in [3.8, 4) is 11.8 Å². The smallest absolute Gasteiger partial charge is 0.309 e. The van der Waals surface area contributed by atoms with Crippen LogP contribution >= 0.6 is 0 Å². The molecule has 1 fully saturated rings. The van der Waals surface area contributed by atoms with Crippen LogP contribution in [0.2, 0.25) is 0 Å². The van der Waals surface area contributed by atoms with E-state index in [-0.39, 0.29) is 5.92 Å². The maximum absolute atomic E-state index is 11.0. The van der Waals surface area contributed by atoms with Crippen LogP contribution in [0.15, 0.2) is 42.1 Å². The van der Waals surface area contributed by atoms with Gasteiger partial charge in [0.2, 0.25) is 0 Å². The highest BCUT2D eigenvalue weighted by Crippen LogP contribution is 2.34. The number of ether oxygens (including phenoxy) is 1. The summed E-state index contributed by atoms with van der Waals surface area (Å²) in [6.45, 7) is 4.73. The van der Waals surface area contributed by atoms with Gasteiger partial charge < -0.3 is 9.84 Å². The van der Waals surface area contributed by atoms with Crippen molar-refractivity contribution in [1.29, 1.82) is 5.26 Å². The summed E-state index contributed by atoms with van der Waals surface area (Å²) in [5, 5.41) is 17.9. The summed E-state index contributed by atoms with van der Waals surface area (Å²) < 4.78 is 5.92. The van der Waals surface area contributed by atoms with Crippen LogP contribution in [0, 0.1) is 17.2 Å². The molecule has 1 saturated heterocycles. The second-order valence-electron chi connectivity index (χ2n) is 7.73. The standard InChI is InChI=1S/C23H23N3O3/c1-15-18(11-26-12-19(13-26)23(27)28)4-3-17-8-21(6-7-22(15)17)29-14-16-2-5-20(9-24)25-10-16/h2,5-8,10,19H,3-4,11-14H2,1H3,(H,27,28). The molecule has 1 aliphatic carbocycles. The summed E-state index contributed by atoms with van der Waals surface area (Å²) >= 11 is 0. The molecule has 4 rings (SSSR count). The van der Waals surface area contributed by atoms with Gasteiger partial charge in [-0.1, -0.05) is 17.7 Å². The third-order valence-electron chi connectivity index (χ3n) is 5.77. The number of nitrogens with zero attached hydrogens (tertiary/aromatic N) is 3. The number of pyridine rings is 1. The minimum Gasteiger partial charge on any atom is -0.489 e. The molecule has 6 heteroatoms. The van der Waals surface area contributed by atoms with Gasteiger partial charge in [0.25, 0.3) is 0 Å². The van der Waals surface area contributed by atoms with Gasteiger partial charge in [0.1, 0.15) is 24.1 Å². The molecule has 0 bridgehead atoms. The van der Waals surface area contributed by atoms with Gasteiger partial charge >= 0.3 is 5.97 Å². The number of fused-ring (bicyclic) bond motifs is 1. The summed E-state index contributed by atoms with van der Waals surface area (Å²) in [4.78, 5) is 17.3. The van der Waals surface area contributed by atoms with Crippen LogP contribution in [0.1, 0.15) is 35.7 Å². The van der Waals surface area contributed by atoms with Gasteiger partial charge in [-0.25, -0.2) is 4.98 Å². The van der Waals surface area contributed by atoms with E-state index in [9.17, 15) is 4.79 Å². The Hall–Kier alpha value is -3.17. The second-order valence-corrected chi connectivity index (χ2v) is 7.73. The van der Waals surface area contributed by atoms with Crippen molar-refractivity contribution in [2.45, 2.75) is 26.4 Å². The molecule has 0 radical (unpaired) electrons. The molecule has 1 aromatic carbocycles. The monoisotopic (exact) mass is 389 g/mol. The van der Waals surface area contributed by atoms with Crippen molar-refractivity contribution in [2.24, 2.45) is 5.92 Å². The third kappa shape index (κ3) is 4.15. The van der Waals surface area contributed by atoms with Crippen LogP contribution in [-0.2, 0) is 17.8 Å². The van der Waals surface area contributed by atoms with E-state index in [1.54, 1.807) is 12.3 Å². The Morgan fingerprint density at radius 1 is 1.31 bits per heavy atom. The Labute approximate surface area is 170 Å². The molecule has 2 heterocycles. The Kier molecular flexibility index (Phi) is 5.32. The van der Waals surface area contributed by atoms with Crippen LogP contribution < -0.4 is 4.74 Å². The predicted molar refractivity (Wildman–Crippen MR) is 108 cm³/mol. The summed E-state index contributed by atoms with van der Waals surface area (Å²) in [6.07, 6.45) is 3.63. The lowest BCUT2D eigenvalue weighted by Gasteiger charge is -2.38. The van der Waals surface area contributed by atoms with Gasteiger partial charge in [-0.3, -0.25) is 9.69 Å². The van der Waals surface area contributed by atoms with Crippen LogP contribution in [0.4, 0.5) is 0 Å². The highest BCUT2D eigenvalue weighted by Gasteiger charge is 2.33. The quantitative estimate of drug-likeness (QED) is 0.816. The molecule has 6 nitrogen and oxygen atoms in total. The highest BCUT2D eigenvalue weighted by atomic mass is 16.5. The highest BCUT2D eigenvalue weighted by molar-refractivity contribution is 5.73. The second kappa shape index (κ2) is 8.06. The number of aliphatic carboxylic acids is 1. The zero-order chi connectivity index (χ0) is 20.4. The Morgan fingerprint density at radius 2 is 2.14 bits per heavy atom. The Bertz CT molecular complexity index is 999. The minimum absolute atomic E-state index is 0.210. The fourth-order valence-electron chi connectivity index (χ4n) is 3.96. The molecular weight excluding hydrogens is 366 g/mol. The van der Waals surface area contributed by atoms with Crippen molar-refractivity contribution in [2.75, 3.05) is 19.6 Å². The lowest BCUT2D eigenvalue weighted by molar-refractivity contribution is -0.147. The maximum Gasteiger partial charge on any atom is 0.309 e. The van der Waals surface area contributed by atoms with E-state index in [4.69, 9.17) is 15.1 Å². The summed E-state index contributed by atoms with van der Waals surface area (Å²) in [6, 6.07) is 11.8. The van der Waals surface area contributed by atoms with Gasteiger partial charge in [-0.2, -0.15) is 5.26 Å². The number of aromatic nitrogens is 1. The first-order valence-corrected chi connectivity index (χ1v) is 9.78. The molecule has 0 spiro atoms.